The molecule has 0 spiro atoms. The summed E-state index contributed by atoms with van der Waals surface area (Å²) in [6.45, 7) is 3.80. The van der Waals surface area contributed by atoms with Crippen molar-refractivity contribution >= 4 is 29.3 Å². The summed E-state index contributed by atoms with van der Waals surface area (Å²) in [4.78, 5) is 13.5. The van der Waals surface area contributed by atoms with Gasteiger partial charge in [-0.05, 0) is 56.3 Å². The van der Waals surface area contributed by atoms with E-state index >= 15 is 0 Å². The van der Waals surface area contributed by atoms with Gasteiger partial charge in [0.15, 0.2) is 0 Å². The zero-order chi connectivity index (χ0) is 18.4. The van der Waals surface area contributed by atoms with E-state index in [1.807, 2.05) is 56.3 Å². The lowest BCUT2D eigenvalue weighted by molar-refractivity contribution is -0.120. The van der Waals surface area contributed by atoms with Crippen molar-refractivity contribution in [3.05, 3.63) is 53.1 Å². The highest BCUT2D eigenvalue weighted by atomic mass is 35.5. The number of amides is 1. The maximum atomic E-state index is 12.5. The van der Waals surface area contributed by atoms with Crippen LogP contribution < -0.4 is 14.8 Å². The van der Waals surface area contributed by atoms with Gasteiger partial charge in [-0.25, -0.2) is 0 Å². The predicted octanol–water partition coefficient (Wildman–Crippen LogP) is 4.72. The summed E-state index contributed by atoms with van der Waals surface area (Å²) in [5.74, 6) is 1.39. The third kappa shape index (κ3) is 5.31. The van der Waals surface area contributed by atoms with Crippen LogP contribution in [0.25, 0.3) is 0 Å². The minimum Gasteiger partial charge on any atom is -0.497 e. The highest BCUT2D eigenvalue weighted by Gasteiger charge is 2.20. The molecule has 0 fully saturated rings. The first-order valence-electron chi connectivity index (χ1n) is 7.89. The second-order valence-electron chi connectivity index (χ2n) is 5.55. The van der Waals surface area contributed by atoms with Crippen LogP contribution in [0.4, 0.5) is 0 Å². The number of carbonyl (C=O) groups excluding carboxylic acids is 1. The number of rotatable bonds is 7. The summed E-state index contributed by atoms with van der Waals surface area (Å²) in [5.41, 5.74) is 0.874. The molecule has 6 heteroatoms. The Morgan fingerprint density at radius 1 is 1.08 bits per heavy atom. The normalized spacial score (nSPS) is 13.0. The third-order valence-corrected chi connectivity index (χ3v) is 5.12. The van der Waals surface area contributed by atoms with Crippen LogP contribution in [-0.2, 0) is 4.79 Å². The van der Waals surface area contributed by atoms with Gasteiger partial charge in [0.25, 0.3) is 0 Å². The zero-order valence-electron chi connectivity index (χ0n) is 14.7. The summed E-state index contributed by atoms with van der Waals surface area (Å²) in [6, 6.07) is 12.8. The van der Waals surface area contributed by atoms with E-state index in [0.29, 0.717) is 10.8 Å². The van der Waals surface area contributed by atoms with Crippen LogP contribution in [-0.4, -0.2) is 25.4 Å². The maximum absolute atomic E-state index is 12.5. The number of ether oxygens (including phenoxy) is 2. The van der Waals surface area contributed by atoms with Gasteiger partial charge in [0.1, 0.15) is 11.5 Å². The minimum atomic E-state index is -0.236. The van der Waals surface area contributed by atoms with Gasteiger partial charge in [-0.15, -0.1) is 11.8 Å². The van der Waals surface area contributed by atoms with E-state index in [1.165, 1.54) is 11.8 Å². The molecule has 0 heterocycles. The number of nitrogens with one attached hydrogen (secondary N) is 1. The van der Waals surface area contributed by atoms with Crippen LogP contribution in [0.2, 0.25) is 5.02 Å². The Kier molecular flexibility index (Phi) is 7.02. The van der Waals surface area contributed by atoms with Crippen molar-refractivity contribution in [3.8, 4) is 11.5 Å². The average Bonchev–Trinajstić information content (AvgIpc) is 2.62. The Balaban J connectivity index is 2.05. The molecule has 25 heavy (non-hydrogen) atoms. The Bertz CT molecular complexity index is 721. The second kappa shape index (κ2) is 9.02. The number of thioether (sulfide) groups is 1. The van der Waals surface area contributed by atoms with Crippen molar-refractivity contribution in [1.82, 2.24) is 5.32 Å². The summed E-state index contributed by atoms with van der Waals surface area (Å²) in [6.07, 6.45) is 0. The standard InChI is InChI=1S/C19H22ClNO3S/c1-12(17-11-15(23-3)7-10-18(17)24-4)21-19(22)13(2)25-16-8-5-14(20)6-9-16/h5-13H,1-4H3,(H,21,22)/t12-,13-/m0/s1. The molecule has 1 amide bonds. The maximum Gasteiger partial charge on any atom is 0.233 e. The van der Waals surface area contributed by atoms with Crippen molar-refractivity contribution in [2.45, 2.75) is 30.0 Å². The van der Waals surface area contributed by atoms with E-state index in [-0.39, 0.29) is 17.2 Å². The summed E-state index contributed by atoms with van der Waals surface area (Å²) in [7, 11) is 3.22. The molecule has 0 radical (unpaired) electrons. The van der Waals surface area contributed by atoms with Crippen LogP contribution in [0.3, 0.4) is 0 Å². The van der Waals surface area contributed by atoms with Crippen molar-refractivity contribution in [2.24, 2.45) is 0 Å². The van der Waals surface area contributed by atoms with Crippen LogP contribution >= 0.6 is 23.4 Å². The van der Waals surface area contributed by atoms with Crippen molar-refractivity contribution in [3.63, 3.8) is 0 Å². The molecule has 4 nitrogen and oxygen atoms in total. The number of hydrogen-bond donors (Lipinski definition) is 1. The summed E-state index contributed by atoms with van der Waals surface area (Å²) in [5, 5.41) is 3.48. The van der Waals surface area contributed by atoms with E-state index in [4.69, 9.17) is 21.1 Å². The Morgan fingerprint density at radius 2 is 1.76 bits per heavy atom. The second-order valence-corrected chi connectivity index (χ2v) is 7.40. The Labute approximate surface area is 157 Å². The number of hydrogen-bond acceptors (Lipinski definition) is 4. The molecule has 2 aromatic rings. The average molecular weight is 380 g/mol. The van der Waals surface area contributed by atoms with E-state index in [2.05, 4.69) is 5.32 Å². The van der Waals surface area contributed by atoms with Crippen molar-refractivity contribution in [2.75, 3.05) is 14.2 Å². The van der Waals surface area contributed by atoms with Gasteiger partial charge in [0.2, 0.25) is 5.91 Å². The van der Waals surface area contributed by atoms with E-state index in [9.17, 15) is 4.79 Å². The Morgan fingerprint density at radius 3 is 2.36 bits per heavy atom. The molecule has 0 aromatic heterocycles. The van der Waals surface area contributed by atoms with Crippen molar-refractivity contribution in [1.29, 1.82) is 0 Å². The van der Waals surface area contributed by atoms with Crippen molar-refractivity contribution < 1.29 is 14.3 Å². The number of benzene rings is 2. The van der Waals surface area contributed by atoms with Gasteiger partial charge < -0.3 is 14.8 Å². The molecule has 2 rings (SSSR count). The first-order valence-corrected chi connectivity index (χ1v) is 9.15. The molecule has 134 valence electrons. The molecule has 0 aliphatic rings. The minimum absolute atomic E-state index is 0.0441. The highest BCUT2D eigenvalue weighted by Crippen LogP contribution is 2.30. The summed E-state index contributed by atoms with van der Waals surface area (Å²) >= 11 is 7.38. The molecule has 0 aliphatic heterocycles. The van der Waals surface area contributed by atoms with Crippen LogP contribution in [0.1, 0.15) is 25.5 Å². The zero-order valence-corrected chi connectivity index (χ0v) is 16.3. The molecule has 2 aromatic carbocycles. The largest absolute Gasteiger partial charge is 0.497 e. The first-order chi connectivity index (χ1) is 11.9. The van der Waals surface area contributed by atoms with Gasteiger partial charge in [-0.1, -0.05) is 11.6 Å². The molecule has 1 N–H and O–H groups in total. The fraction of sp³-hybridized carbons (Fsp3) is 0.316. The molecule has 0 bridgehead atoms. The number of methoxy groups -OCH3 is 2. The molecule has 2 atom stereocenters. The molecule has 0 unspecified atom stereocenters. The lowest BCUT2D eigenvalue weighted by atomic mass is 10.1. The molecular formula is C19H22ClNO3S. The van der Waals surface area contributed by atoms with Gasteiger partial charge in [-0.3, -0.25) is 4.79 Å². The molecule has 0 saturated carbocycles. The van der Waals surface area contributed by atoms with E-state index < -0.39 is 0 Å². The van der Waals surface area contributed by atoms with Gasteiger partial charge in [0, 0.05) is 15.5 Å². The van der Waals surface area contributed by atoms with Gasteiger partial charge >= 0.3 is 0 Å². The number of halogens is 1. The fourth-order valence-electron chi connectivity index (χ4n) is 2.36. The lowest BCUT2D eigenvalue weighted by Crippen LogP contribution is -2.33. The quantitative estimate of drug-likeness (QED) is 0.707. The molecule has 0 aliphatic carbocycles. The fourth-order valence-corrected chi connectivity index (χ4v) is 3.36. The lowest BCUT2D eigenvalue weighted by Gasteiger charge is -2.20. The van der Waals surface area contributed by atoms with E-state index in [1.54, 1.807) is 14.2 Å². The smallest absolute Gasteiger partial charge is 0.233 e. The highest BCUT2D eigenvalue weighted by molar-refractivity contribution is 8.00. The van der Waals surface area contributed by atoms with E-state index in [0.717, 1.165) is 16.2 Å². The van der Waals surface area contributed by atoms with Gasteiger partial charge in [0.05, 0.1) is 25.5 Å². The third-order valence-electron chi connectivity index (χ3n) is 3.76. The monoisotopic (exact) mass is 379 g/mol. The van der Waals surface area contributed by atoms with Crippen LogP contribution in [0.15, 0.2) is 47.4 Å². The molecule has 0 saturated heterocycles. The summed E-state index contributed by atoms with van der Waals surface area (Å²) < 4.78 is 10.7. The SMILES string of the molecule is COc1ccc(OC)c([C@H](C)NC(=O)[C@H](C)Sc2ccc(Cl)cc2)c1. The number of carbonyl (C=O) groups is 1. The topological polar surface area (TPSA) is 47.6 Å². The Hall–Kier alpha value is -1.85. The van der Waals surface area contributed by atoms with Crippen LogP contribution in [0, 0.1) is 0 Å². The van der Waals surface area contributed by atoms with Gasteiger partial charge in [-0.2, -0.15) is 0 Å². The molecular weight excluding hydrogens is 358 g/mol. The predicted molar refractivity (Wildman–Crippen MR) is 103 cm³/mol. The van der Waals surface area contributed by atoms with Crippen LogP contribution in [0.5, 0.6) is 11.5 Å². The first kappa shape index (κ1) is 19.5.